The molecular weight excluding hydrogens is 262 g/mol. The zero-order valence-electron chi connectivity index (χ0n) is 12.8. The highest BCUT2D eigenvalue weighted by atomic mass is 15.2. The summed E-state index contributed by atoms with van der Waals surface area (Å²) in [5.74, 6) is 0.719. The van der Waals surface area contributed by atoms with Crippen molar-refractivity contribution in [1.82, 2.24) is 4.90 Å². The van der Waals surface area contributed by atoms with Gasteiger partial charge < -0.3 is 15.1 Å². The summed E-state index contributed by atoms with van der Waals surface area (Å²) < 4.78 is 0. The van der Waals surface area contributed by atoms with Crippen LogP contribution in [0.25, 0.3) is 0 Å². The average molecular weight is 285 g/mol. The maximum Gasteiger partial charge on any atom is 0.222 e. The second kappa shape index (κ2) is 6.26. The maximum atomic E-state index is 4.38. The second-order valence-electron chi connectivity index (χ2n) is 5.72. The second-order valence-corrected chi connectivity index (χ2v) is 5.72. The molecule has 0 spiro atoms. The molecule has 0 amide bonds. The molecule has 1 fully saturated rings. The van der Waals surface area contributed by atoms with Crippen LogP contribution < -0.4 is 10.2 Å². The van der Waals surface area contributed by atoms with Crippen molar-refractivity contribution in [2.45, 2.75) is 13.3 Å². The normalized spacial score (nSPS) is 19.5. The summed E-state index contributed by atoms with van der Waals surface area (Å²) in [6.07, 6.45) is 2.86. The van der Waals surface area contributed by atoms with E-state index in [-0.39, 0.29) is 0 Å². The van der Waals surface area contributed by atoms with Gasteiger partial charge in [0.1, 0.15) is 0 Å². The fourth-order valence-electron chi connectivity index (χ4n) is 2.66. The summed E-state index contributed by atoms with van der Waals surface area (Å²) in [5, 5.41) is 3.31. The predicted octanol–water partition coefficient (Wildman–Crippen LogP) is 1.99. The molecular formula is C16H23N5. The average Bonchev–Trinajstić information content (AvgIpc) is 2.51. The number of piperazine rings is 1. The van der Waals surface area contributed by atoms with Gasteiger partial charge in [-0.15, -0.1) is 0 Å². The number of likely N-dealkylation sites (N-methyl/N-ethyl adjacent to an activating group) is 1. The topological polar surface area (TPSA) is 43.2 Å². The number of aliphatic imine (C=N–C) groups is 2. The Kier molecular flexibility index (Phi) is 4.20. The molecule has 0 aromatic heterocycles. The summed E-state index contributed by atoms with van der Waals surface area (Å²) >= 11 is 0. The number of anilines is 2. The van der Waals surface area contributed by atoms with Crippen molar-refractivity contribution in [3.63, 3.8) is 0 Å². The van der Waals surface area contributed by atoms with Crippen LogP contribution in [0.4, 0.5) is 11.4 Å². The van der Waals surface area contributed by atoms with Gasteiger partial charge in [0.15, 0.2) is 0 Å². The Hall–Kier alpha value is -1.88. The van der Waals surface area contributed by atoms with Gasteiger partial charge in [-0.3, -0.25) is 4.99 Å². The van der Waals surface area contributed by atoms with Crippen LogP contribution in [-0.2, 0) is 0 Å². The van der Waals surface area contributed by atoms with E-state index in [0.29, 0.717) is 0 Å². The minimum absolute atomic E-state index is 0.719. The van der Waals surface area contributed by atoms with Crippen LogP contribution in [0.1, 0.15) is 12.0 Å². The highest BCUT2D eigenvalue weighted by Crippen LogP contribution is 2.23. The van der Waals surface area contributed by atoms with E-state index >= 15 is 0 Å². The zero-order valence-corrected chi connectivity index (χ0v) is 12.8. The summed E-state index contributed by atoms with van der Waals surface area (Å²) in [5.41, 5.74) is 3.63. The molecule has 0 bridgehead atoms. The minimum Gasteiger partial charge on any atom is -0.369 e. The molecule has 0 radical (unpaired) electrons. The van der Waals surface area contributed by atoms with Crippen molar-refractivity contribution in [3.05, 3.63) is 23.8 Å². The minimum atomic E-state index is 0.719. The molecule has 1 N–H and O–H groups in total. The van der Waals surface area contributed by atoms with E-state index in [0.717, 1.165) is 50.8 Å². The molecule has 2 aliphatic heterocycles. The molecule has 21 heavy (non-hydrogen) atoms. The SMILES string of the molecule is Cc1cc(N2CCN(C)CC2)ccc1NC1=NCCC=N1. The smallest absolute Gasteiger partial charge is 0.222 e. The predicted molar refractivity (Wildman–Crippen MR) is 89.9 cm³/mol. The molecule has 0 unspecified atom stereocenters. The highest BCUT2D eigenvalue weighted by Gasteiger charge is 2.15. The highest BCUT2D eigenvalue weighted by molar-refractivity contribution is 5.99. The number of hydrogen-bond acceptors (Lipinski definition) is 5. The van der Waals surface area contributed by atoms with E-state index < -0.39 is 0 Å². The van der Waals surface area contributed by atoms with Gasteiger partial charge in [0, 0.05) is 56.7 Å². The van der Waals surface area contributed by atoms with Crippen LogP contribution in [0, 0.1) is 6.92 Å². The number of nitrogens with zero attached hydrogens (tertiary/aromatic N) is 4. The van der Waals surface area contributed by atoms with Crippen LogP contribution >= 0.6 is 0 Å². The first-order valence-corrected chi connectivity index (χ1v) is 7.60. The molecule has 0 aliphatic carbocycles. The molecule has 112 valence electrons. The molecule has 0 atom stereocenters. The fraction of sp³-hybridized carbons (Fsp3) is 0.500. The first-order valence-electron chi connectivity index (χ1n) is 7.60. The van der Waals surface area contributed by atoms with Gasteiger partial charge in [-0.25, -0.2) is 4.99 Å². The number of benzene rings is 1. The maximum absolute atomic E-state index is 4.38. The van der Waals surface area contributed by atoms with Crippen LogP contribution in [0.2, 0.25) is 0 Å². The standard InChI is InChI=1S/C16H23N5/c1-13-12-14(21-10-8-20(2)9-11-21)4-5-15(13)19-16-17-6-3-7-18-16/h4-6,12H,3,7-11H2,1-2H3,(H,18,19). The number of nitrogens with one attached hydrogen (secondary N) is 1. The quantitative estimate of drug-likeness (QED) is 0.903. The monoisotopic (exact) mass is 285 g/mol. The first-order chi connectivity index (χ1) is 10.2. The van der Waals surface area contributed by atoms with E-state index in [1.54, 1.807) is 0 Å². The van der Waals surface area contributed by atoms with Gasteiger partial charge in [-0.2, -0.15) is 0 Å². The van der Waals surface area contributed by atoms with E-state index in [4.69, 9.17) is 0 Å². The third-order valence-electron chi connectivity index (χ3n) is 4.06. The van der Waals surface area contributed by atoms with Gasteiger partial charge in [-0.05, 0) is 37.7 Å². The van der Waals surface area contributed by atoms with E-state index in [2.05, 4.69) is 57.3 Å². The van der Waals surface area contributed by atoms with Crippen LogP contribution in [0.3, 0.4) is 0 Å². The summed E-state index contributed by atoms with van der Waals surface area (Å²) in [6.45, 7) is 7.41. The van der Waals surface area contributed by atoms with E-state index in [9.17, 15) is 0 Å². The van der Waals surface area contributed by atoms with Crippen molar-refractivity contribution < 1.29 is 0 Å². The van der Waals surface area contributed by atoms with Crippen LogP contribution in [0.15, 0.2) is 28.2 Å². The lowest BCUT2D eigenvalue weighted by atomic mass is 10.1. The molecule has 1 aromatic carbocycles. The number of hydrogen-bond donors (Lipinski definition) is 1. The number of guanidine groups is 1. The molecule has 1 aromatic rings. The molecule has 2 heterocycles. The third-order valence-corrected chi connectivity index (χ3v) is 4.06. The lowest BCUT2D eigenvalue weighted by molar-refractivity contribution is 0.313. The molecule has 2 aliphatic rings. The van der Waals surface area contributed by atoms with Gasteiger partial charge in [-0.1, -0.05) is 0 Å². The van der Waals surface area contributed by atoms with Gasteiger partial charge in [0.2, 0.25) is 5.96 Å². The third kappa shape index (κ3) is 3.42. The largest absolute Gasteiger partial charge is 0.369 e. The van der Waals surface area contributed by atoms with Crippen molar-refractivity contribution in [2.75, 3.05) is 50.0 Å². The Balaban J connectivity index is 1.70. The first kappa shape index (κ1) is 14.1. The fourth-order valence-corrected chi connectivity index (χ4v) is 2.66. The van der Waals surface area contributed by atoms with Gasteiger partial charge >= 0.3 is 0 Å². The lowest BCUT2D eigenvalue weighted by Gasteiger charge is -2.34. The van der Waals surface area contributed by atoms with Crippen LogP contribution in [-0.4, -0.2) is 56.8 Å². The Morgan fingerprint density at radius 2 is 1.95 bits per heavy atom. The van der Waals surface area contributed by atoms with Crippen molar-refractivity contribution >= 4 is 23.5 Å². The van der Waals surface area contributed by atoms with Crippen molar-refractivity contribution in [2.24, 2.45) is 9.98 Å². The van der Waals surface area contributed by atoms with Crippen LogP contribution in [0.5, 0.6) is 0 Å². The summed E-state index contributed by atoms with van der Waals surface area (Å²) in [4.78, 5) is 13.5. The Morgan fingerprint density at radius 1 is 1.14 bits per heavy atom. The summed E-state index contributed by atoms with van der Waals surface area (Å²) in [6, 6.07) is 6.57. The number of rotatable bonds is 2. The molecule has 5 heteroatoms. The number of aryl methyl sites for hydroxylation is 1. The van der Waals surface area contributed by atoms with Gasteiger partial charge in [0.05, 0.1) is 0 Å². The molecule has 1 saturated heterocycles. The lowest BCUT2D eigenvalue weighted by Crippen LogP contribution is -2.44. The van der Waals surface area contributed by atoms with Gasteiger partial charge in [0.25, 0.3) is 0 Å². The molecule has 3 rings (SSSR count). The van der Waals surface area contributed by atoms with Crippen molar-refractivity contribution in [1.29, 1.82) is 0 Å². The van der Waals surface area contributed by atoms with E-state index in [1.807, 2.05) is 6.21 Å². The zero-order chi connectivity index (χ0) is 14.7. The van der Waals surface area contributed by atoms with E-state index in [1.165, 1.54) is 11.3 Å². The Labute approximate surface area is 126 Å². The molecule has 5 nitrogen and oxygen atoms in total. The summed E-state index contributed by atoms with van der Waals surface area (Å²) in [7, 11) is 2.18. The molecule has 0 saturated carbocycles. The Morgan fingerprint density at radius 3 is 2.62 bits per heavy atom. The Bertz CT molecular complexity index is 556. The van der Waals surface area contributed by atoms with Crippen molar-refractivity contribution in [3.8, 4) is 0 Å².